The second-order valence-electron chi connectivity index (χ2n) is 8.62. The smallest absolute Gasteiger partial charge is 0.330 e. The van der Waals surface area contributed by atoms with E-state index in [0.717, 1.165) is 22.4 Å². The average molecular weight is 450 g/mol. The van der Waals surface area contributed by atoms with Crippen molar-refractivity contribution < 1.29 is 4.79 Å². The molecule has 0 radical (unpaired) electrons. The van der Waals surface area contributed by atoms with Gasteiger partial charge in [-0.2, -0.15) is 0 Å². The standard InChI is InChI=1S/C25H31N5O3/c1-16(2)14-29(21(31)13-27-20-11-10-17(3)18(4)12-20)22-23(26)30(25(33)28-24(22)32)15-19-8-6-5-7-9-19/h5-12,16,27H,13-15,26H2,1-4H3,(H,28,32,33). The molecule has 0 bridgehead atoms. The Morgan fingerprint density at radius 3 is 2.42 bits per heavy atom. The van der Waals surface area contributed by atoms with Gasteiger partial charge in [0.05, 0.1) is 13.1 Å². The number of amides is 1. The SMILES string of the molecule is Cc1ccc(NCC(=O)N(CC(C)C)c2c(N)n(Cc3ccccc3)c(=O)[nH]c2=O)cc1C. The number of nitrogens with one attached hydrogen (secondary N) is 2. The lowest BCUT2D eigenvalue weighted by Crippen LogP contribution is -2.44. The zero-order valence-electron chi connectivity index (χ0n) is 19.5. The number of aryl methyl sites for hydroxylation is 2. The molecule has 33 heavy (non-hydrogen) atoms. The van der Waals surface area contributed by atoms with E-state index in [1.165, 1.54) is 9.47 Å². The van der Waals surface area contributed by atoms with Crippen LogP contribution < -0.4 is 27.2 Å². The number of carbonyl (C=O) groups excluding carboxylic acids is 1. The third kappa shape index (κ3) is 5.71. The Bertz CT molecular complexity index is 1250. The van der Waals surface area contributed by atoms with Gasteiger partial charge >= 0.3 is 5.69 Å². The first kappa shape index (κ1) is 23.8. The first-order valence-corrected chi connectivity index (χ1v) is 11.0. The largest absolute Gasteiger partial charge is 0.383 e. The Balaban J connectivity index is 1.94. The van der Waals surface area contributed by atoms with Crippen LogP contribution in [0.3, 0.4) is 0 Å². The molecular weight excluding hydrogens is 418 g/mol. The van der Waals surface area contributed by atoms with Crippen LogP contribution in [0.4, 0.5) is 17.2 Å². The highest BCUT2D eigenvalue weighted by Crippen LogP contribution is 2.20. The molecule has 0 fully saturated rings. The van der Waals surface area contributed by atoms with Crippen LogP contribution in [0.25, 0.3) is 0 Å². The maximum atomic E-state index is 13.2. The molecule has 0 atom stereocenters. The molecule has 8 heteroatoms. The molecule has 3 rings (SSSR count). The summed E-state index contributed by atoms with van der Waals surface area (Å²) in [7, 11) is 0. The molecule has 174 valence electrons. The van der Waals surface area contributed by atoms with Crippen molar-refractivity contribution in [1.29, 1.82) is 0 Å². The van der Waals surface area contributed by atoms with E-state index in [-0.39, 0.29) is 43.0 Å². The van der Waals surface area contributed by atoms with Gasteiger partial charge in [0.2, 0.25) is 5.91 Å². The van der Waals surface area contributed by atoms with Crippen LogP contribution in [0.15, 0.2) is 58.1 Å². The van der Waals surface area contributed by atoms with Crippen LogP contribution in [0, 0.1) is 19.8 Å². The van der Waals surface area contributed by atoms with Crippen molar-refractivity contribution in [2.45, 2.75) is 34.2 Å². The van der Waals surface area contributed by atoms with E-state index in [1.54, 1.807) is 0 Å². The van der Waals surface area contributed by atoms with Crippen molar-refractivity contribution in [2.24, 2.45) is 5.92 Å². The summed E-state index contributed by atoms with van der Waals surface area (Å²) < 4.78 is 1.28. The summed E-state index contributed by atoms with van der Waals surface area (Å²) in [5, 5.41) is 3.13. The van der Waals surface area contributed by atoms with Gasteiger partial charge in [-0.05, 0) is 48.6 Å². The molecule has 1 heterocycles. The van der Waals surface area contributed by atoms with Crippen molar-refractivity contribution in [3.05, 3.63) is 86.1 Å². The van der Waals surface area contributed by atoms with Gasteiger partial charge in [0.25, 0.3) is 5.56 Å². The third-order valence-electron chi connectivity index (χ3n) is 5.47. The lowest BCUT2D eigenvalue weighted by Gasteiger charge is -2.26. The molecule has 4 N–H and O–H groups in total. The number of aromatic amines is 1. The molecule has 1 amide bonds. The van der Waals surface area contributed by atoms with E-state index in [9.17, 15) is 14.4 Å². The number of carbonyl (C=O) groups is 1. The molecule has 0 unspecified atom stereocenters. The summed E-state index contributed by atoms with van der Waals surface area (Å²) in [5.74, 6) is -0.277. The van der Waals surface area contributed by atoms with Crippen LogP contribution in [0.2, 0.25) is 0 Å². The lowest BCUT2D eigenvalue weighted by atomic mass is 10.1. The maximum absolute atomic E-state index is 13.2. The highest BCUT2D eigenvalue weighted by molar-refractivity contribution is 5.98. The monoisotopic (exact) mass is 449 g/mol. The number of hydrogen-bond acceptors (Lipinski definition) is 5. The maximum Gasteiger partial charge on any atom is 0.330 e. The van der Waals surface area contributed by atoms with Crippen LogP contribution in [-0.2, 0) is 11.3 Å². The van der Waals surface area contributed by atoms with Gasteiger partial charge < -0.3 is 16.0 Å². The van der Waals surface area contributed by atoms with Gasteiger partial charge in [-0.1, -0.05) is 50.2 Å². The number of benzene rings is 2. The van der Waals surface area contributed by atoms with Crippen LogP contribution in [0.5, 0.6) is 0 Å². The van der Waals surface area contributed by atoms with Gasteiger partial charge in [-0.15, -0.1) is 0 Å². The predicted octanol–water partition coefficient (Wildman–Crippen LogP) is 2.89. The quantitative estimate of drug-likeness (QED) is 0.489. The lowest BCUT2D eigenvalue weighted by molar-refractivity contribution is -0.117. The van der Waals surface area contributed by atoms with Crippen molar-refractivity contribution in [3.63, 3.8) is 0 Å². The number of anilines is 3. The minimum atomic E-state index is -0.679. The molecule has 8 nitrogen and oxygen atoms in total. The van der Waals surface area contributed by atoms with Crippen molar-refractivity contribution in [1.82, 2.24) is 9.55 Å². The molecule has 0 saturated heterocycles. The summed E-state index contributed by atoms with van der Waals surface area (Å²) in [6.45, 7) is 8.36. The minimum absolute atomic E-state index is 0.00822. The number of nitrogen functional groups attached to an aromatic ring is 1. The number of H-pyrrole nitrogens is 1. The van der Waals surface area contributed by atoms with Gasteiger partial charge in [-0.25, -0.2) is 4.79 Å². The molecule has 0 aliphatic heterocycles. The molecule has 0 spiro atoms. The highest BCUT2D eigenvalue weighted by Gasteiger charge is 2.25. The molecule has 0 aliphatic rings. The van der Waals surface area contributed by atoms with Crippen LogP contribution in [-0.4, -0.2) is 28.5 Å². The third-order valence-corrected chi connectivity index (χ3v) is 5.47. The fourth-order valence-electron chi connectivity index (χ4n) is 3.57. The average Bonchev–Trinajstić information content (AvgIpc) is 2.77. The first-order chi connectivity index (χ1) is 15.7. The molecule has 2 aromatic carbocycles. The second kappa shape index (κ2) is 10.2. The summed E-state index contributed by atoms with van der Waals surface area (Å²) in [6.07, 6.45) is 0. The van der Waals surface area contributed by atoms with Gasteiger partial charge in [0.15, 0.2) is 5.69 Å². The van der Waals surface area contributed by atoms with E-state index in [2.05, 4.69) is 10.3 Å². The molecule has 0 aliphatic carbocycles. The van der Waals surface area contributed by atoms with Crippen molar-refractivity contribution in [2.75, 3.05) is 29.0 Å². The molecule has 1 aromatic heterocycles. The fraction of sp³-hybridized carbons (Fsp3) is 0.320. The molecule has 0 saturated carbocycles. The predicted molar refractivity (Wildman–Crippen MR) is 133 cm³/mol. The van der Waals surface area contributed by atoms with E-state index >= 15 is 0 Å². The summed E-state index contributed by atoms with van der Waals surface area (Å²) >= 11 is 0. The van der Waals surface area contributed by atoms with Crippen LogP contribution in [0.1, 0.15) is 30.5 Å². The number of nitrogens with two attached hydrogens (primary N) is 1. The van der Waals surface area contributed by atoms with Gasteiger partial charge in [0, 0.05) is 12.2 Å². The Morgan fingerprint density at radius 2 is 1.79 bits per heavy atom. The number of rotatable bonds is 8. The number of nitrogens with zero attached hydrogens (tertiary/aromatic N) is 2. The Labute approximate surface area is 193 Å². The fourth-order valence-corrected chi connectivity index (χ4v) is 3.57. The second-order valence-corrected chi connectivity index (χ2v) is 8.62. The molecular formula is C25H31N5O3. The Kier molecular flexibility index (Phi) is 7.37. The van der Waals surface area contributed by atoms with E-state index < -0.39 is 11.2 Å². The molecule has 3 aromatic rings. The Morgan fingerprint density at radius 1 is 1.09 bits per heavy atom. The highest BCUT2D eigenvalue weighted by atomic mass is 16.2. The normalized spacial score (nSPS) is 10.9. The van der Waals surface area contributed by atoms with Gasteiger partial charge in [-0.3, -0.25) is 19.1 Å². The zero-order chi connectivity index (χ0) is 24.1. The van der Waals surface area contributed by atoms with E-state index in [0.29, 0.717) is 0 Å². The Hall–Kier alpha value is -3.81. The number of hydrogen-bond donors (Lipinski definition) is 3. The minimum Gasteiger partial charge on any atom is -0.383 e. The topological polar surface area (TPSA) is 113 Å². The number of aromatic nitrogens is 2. The first-order valence-electron chi connectivity index (χ1n) is 11.0. The van der Waals surface area contributed by atoms with E-state index in [4.69, 9.17) is 5.73 Å². The summed E-state index contributed by atoms with van der Waals surface area (Å²) in [5.41, 5.74) is 8.95. The van der Waals surface area contributed by atoms with E-state index in [1.807, 2.05) is 76.2 Å². The van der Waals surface area contributed by atoms with Gasteiger partial charge in [0.1, 0.15) is 5.82 Å². The summed E-state index contributed by atoms with van der Waals surface area (Å²) in [6, 6.07) is 15.2. The zero-order valence-corrected chi connectivity index (χ0v) is 19.5. The van der Waals surface area contributed by atoms with Crippen molar-refractivity contribution in [3.8, 4) is 0 Å². The van der Waals surface area contributed by atoms with Crippen molar-refractivity contribution >= 4 is 23.1 Å². The summed E-state index contributed by atoms with van der Waals surface area (Å²) in [4.78, 5) is 42.2. The van der Waals surface area contributed by atoms with Crippen LogP contribution >= 0.6 is 0 Å².